The van der Waals surface area contributed by atoms with Crippen molar-refractivity contribution in [3.05, 3.63) is 58.7 Å². The van der Waals surface area contributed by atoms with Gasteiger partial charge in [0, 0.05) is 17.3 Å². The highest BCUT2D eigenvalue weighted by Crippen LogP contribution is 2.64. The molecule has 4 fully saturated rings. The van der Waals surface area contributed by atoms with Gasteiger partial charge in [0.05, 0.1) is 17.5 Å². The molecule has 166 valence electrons. The van der Waals surface area contributed by atoms with E-state index < -0.39 is 5.41 Å². The third-order valence-corrected chi connectivity index (χ3v) is 8.18. The number of carbonyl (C=O) groups is 1. The van der Waals surface area contributed by atoms with Crippen molar-refractivity contribution in [3.8, 4) is 0 Å². The molecule has 4 bridgehead atoms. The molecule has 2 aromatic heterocycles. The summed E-state index contributed by atoms with van der Waals surface area (Å²) in [7, 11) is 0. The fourth-order valence-electron chi connectivity index (χ4n) is 6.79. The van der Waals surface area contributed by atoms with Gasteiger partial charge in [-0.05, 0) is 73.6 Å². The quantitative estimate of drug-likeness (QED) is 0.582. The van der Waals surface area contributed by atoms with Crippen molar-refractivity contribution < 1.29 is 4.79 Å². The number of benzene rings is 1. The molecule has 1 amide bonds. The highest BCUT2D eigenvalue weighted by molar-refractivity contribution is 6.31. The first-order chi connectivity index (χ1) is 15.4. The Morgan fingerprint density at radius 1 is 1.09 bits per heavy atom. The van der Waals surface area contributed by atoms with Crippen molar-refractivity contribution in [2.45, 2.75) is 50.6 Å². The van der Waals surface area contributed by atoms with Crippen molar-refractivity contribution in [2.75, 3.05) is 5.32 Å². The SMILES string of the molecule is O=C(Nc1ccn(Cc2ccccc2Cl)n1)C12CC3CC(C1)CC(n1cnc(Cl)n1)(C3)C2. The van der Waals surface area contributed by atoms with Crippen LogP contribution in [-0.2, 0) is 16.9 Å². The number of nitrogens with one attached hydrogen (secondary N) is 1. The van der Waals surface area contributed by atoms with Crippen molar-refractivity contribution >= 4 is 34.9 Å². The van der Waals surface area contributed by atoms with Gasteiger partial charge in [0.25, 0.3) is 0 Å². The summed E-state index contributed by atoms with van der Waals surface area (Å²) in [5.41, 5.74) is 0.435. The summed E-state index contributed by atoms with van der Waals surface area (Å²) in [5, 5.41) is 13.1. The van der Waals surface area contributed by atoms with E-state index in [-0.39, 0.29) is 16.7 Å². The predicted octanol–water partition coefficient (Wildman–Crippen LogP) is 4.76. The second kappa shape index (κ2) is 7.32. The van der Waals surface area contributed by atoms with Crippen molar-refractivity contribution in [3.63, 3.8) is 0 Å². The third kappa shape index (κ3) is 3.33. The van der Waals surface area contributed by atoms with Crippen LogP contribution < -0.4 is 5.32 Å². The molecule has 1 aromatic carbocycles. The number of carbonyl (C=O) groups excluding carboxylic acids is 1. The Kier molecular flexibility index (Phi) is 4.63. The standard InChI is InChI=1S/C23H24Cl2N6O/c24-18-4-2-1-3-17(18)12-30-6-5-19(28-30)27-20(32)22-8-15-7-16(9-22)11-23(10-15,13-22)31-14-26-21(25)29-31/h1-6,14-16H,7-13H2,(H,27,28,32). The lowest BCUT2D eigenvalue weighted by Crippen LogP contribution is -2.60. The lowest BCUT2D eigenvalue weighted by Gasteiger charge is -2.60. The Balaban J connectivity index is 1.22. The second-order valence-corrected chi connectivity index (χ2v) is 10.6. The Morgan fingerprint density at radius 2 is 1.88 bits per heavy atom. The van der Waals surface area contributed by atoms with Gasteiger partial charge in [0.1, 0.15) is 6.33 Å². The zero-order valence-corrected chi connectivity index (χ0v) is 19.1. The van der Waals surface area contributed by atoms with Crippen LogP contribution in [-0.4, -0.2) is 30.5 Å². The lowest BCUT2D eigenvalue weighted by atomic mass is 9.46. The zero-order chi connectivity index (χ0) is 21.9. The van der Waals surface area contributed by atoms with Crippen LogP contribution in [0, 0.1) is 17.3 Å². The molecule has 1 N–H and O–H groups in total. The van der Waals surface area contributed by atoms with Crippen LogP contribution in [0.4, 0.5) is 5.82 Å². The van der Waals surface area contributed by atoms with Crippen LogP contribution in [0.1, 0.15) is 44.1 Å². The Morgan fingerprint density at radius 3 is 2.59 bits per heavy atom. The van der Waals surface area contributed by atoms with Crippen LogP contribution in [0.2, 0.25) is 10.3 Å². The molecular formula is C23H24Cl2N6O. The topological polar surface area (TPSA) is 77.6 Å². The number of aromatic nitrogens is 5. The van der Waals surface area contributed by atoms with Crippen molar-refractivity contribution in [1.82, 2.24) is 24.5 Å². The molecule has 0 saturated heterocycles. The molecule has 0 aliphatic heterocycles. The largest absolute Gasteiger partial charge is 0.309 e. The number of hydrogen-bond donors (Lipinski definition) is 1. The van der Waals surface area contributed by atoms with Gasteiger partial charge in [-0.1, -0.05) is 29.8 Å². The smallest absolute Gasteiger partial charge is 0.242 e. The van der Waals surface area contributed by atoms with Crippen LogP contribution in [0.15, 0.2) is 42.9 Å². The highest BCUT2D eigenvalue weighted by atomic mass is 35.5. The maximum absolute atomic E-state index is 13.6. The molecule has 2 atom stereocenters. The average Bonchev–Trinajstić information content (AvgIpc) is 3.38. The highest BCUT2D eigenvalue weighted by Gasteiger charge is 2.61. The summed E-state index contributed by atoms with van der Waals surface area (Å²) in [4.78, 5) is 17.8. The molecule has 4 aliphatic rings. The maximum atomic E-state index is 13.6. The minimum atomic E-state index is -0.394. The molecule has 2 heterocycles. The van der Waals surface area contributed by atoms with Gasteiger partial charge in [0.15, 0.2) is 5.82 Å². The van der Waals surface area contributed by atoms with Gasteiger partial charge >= 0.3 is 0 Å². The van der Waals surface area contributed by atoms with E-state index in [0.717, 1.165) is 37.7 Å². The number of nitrogens with zero attached hydrogens (tertiary/aromatic N) is 5. The van der Waals surface area contributed by atoms with E-state index in [1.54, 1.807) is 11.0 Å². The van der Waals surface area contributed by atoms with E-state index in [9.17, 15) is 4.79 Å². The summed E-state index contributed by atoms with van der Waals surface area (Å²) in [6.07, 6.45) is 9.54. The summed E-state index contributed by atoms with van der Waals surface area (Å²) in [5.74, 6) is 1.71. The van der Waals surface area contributed by atoms with Crippen LogP contribution >= 0.6 is 23.2 Å². The molecule has 0 spiro atoms. The molecule has 7 nitrogen and oxygen atoms in total. The van der Waals surface area contributed by atoms with Crippen LogP contribution in [0.3, 0.4) is 0 Å². The van der Waals surface area contributed by atoms with Gasteiger partial charge in [-0.25, -0.2) is 9.67 Å². The summed E-state index contributed by atoms with van der Waals surface area (Å²) in [6.45, 7) is 0.557. The first kappa shape index (κ1) is 20.2. The number of rotatable bonds is 5. The first-order valence-electron chi connectivity index (χ1n) is 11.1. The summed E-state index contributed by atoms with van der Waals surface area (Å²) < 4.78 is 3.74. The minimum Gasteiger partial charge on any atom is -0.309 e. The number of anilines is 1. The van der Waals surface area contributed by atoms with Gasteiger partial charge in [0.2, 0.25) is 11.2 Å². The number of amides is 1. The van der Waals surface area contributed by atoms with Crippen molar-refractivity contribution in [2.24, 2.45) is 17.3 Å². The molecule has 4 saturated carbocycles. The van der Waals surface area contributed by atoms with Crippen LogP contribution in [0.25, 0.3) is 0 Å². The van der Waals surface area contributed by atoms with Crippen LogP contribution in [0.5, 0.6) is 0 Å². The number of halogens is 2. The van der Waals surface area contributed by atoms with Crippen molar-refractivity contribution in [1.29, 1.82) is 0 Å². The molecule has 2 unspecified atom stereocenters. The van der Waals surface area contributed by atoms with Gasteiger partial charge in [-0.15, -0.1) is 5.10 Å². The van der Waals surface area contributed by atoms with E-state index >= 15 is 0 Å². The van der Waals surface area contributed by atoms with E-state index in [1.807, 2.05) is 41.2 Å². The summed E-state index contributed by atoms with van der Waals surface area (Å²) in [6, 6.07) is 9.56. The minimum absolute atomic E-state index is 0.0742. The van der Waals surface area contributed by atoms with E-state index in [1.165, 1.54) is 6.42 Å². The normalized spacial score (nSPS) is 30.6. The zero-order valence-electron chi connectivity index (χ0n) is 17.5. The predicted molar refractivity (Wildman–Crippen MR) is 122 cm³/mol. The molecule has 3 aromatic rings. The Bertz CT molecular complexity index is 1170. The lowest BCUT2D eigenvalue weighted by molar-refractivity contribution is -0.150. The summed E-state index contributed by atoms with van der Waals surface area (Å²) >= 11 is 12.3. The molecule has 32 heavy (non-hydrogen) atoms. The van der Waals surface area contributed by atoms with Gasteiger partial charge in [-0.2, -0.15) is 5.10 Å². The Hall–Kier alpha value is -2.38. The molecule has 0 radical (unpaired) electrons. The fourth-order valence-corrected chi connectivity index (χ4v) is 7.11. The first-order valence-corrected chi connectivity index (χ1v) is 11.8. The molecular weight excluding hydrogens is 447 g/mol. The number of hydrogen-bond acceptors (Lipinski definition) is 4. The van der Waals surface area contributed by atoms with E-state index in [0.29, 0.717) is 29.2 Å². The fraction of sp³-hybridized carbons (Fsp3) is 0.478. The molecule has 7 rings (SSSR count). The maximum Gasteiger partial charge on any atom is 0.242 e. The van der Waals surface area contributed by atoms with E-state index in [2.05, 4.69) is 20.5 Å². The molecule has 4 aliphatic carbocycles. The van der Waals surface area contributed by atoms with Gasteiger partial charge < -0.3 is 5.32 Å². The monoisotopic (exact) mass is 470 g/mol. The Labute approximate surface area is 196 Å². The van der Waals surface area contributed by atoms with Gasteiger partial charge in [-0.3, -0.25) is 9.48 Å². The third-order valence-electron chi connectivity index (χ3n) is 7.63. The average molecular weight is 471 g/mol. The molecule has 9 heteroatoms. The second-order valence-electron chi connectivity index (χ2n) is 9.87. The van der Waals surface area contributed by atoms with E-state index in [4.69, 9.17) is 23.2 Å².